The van der Waals surface area contributed by atoms with Crippen LogP contribution in [0, 0.1) is 16.7 Å². The molecule has 2 rings (SSSR count). The second kappa shape index (κ2) is 7.03. The Hall–Kier alpha value is -2.28. The van der Waals surface area contributed by atoms with E-state index < -0.39 is 38.4 Å². The molecule has 7 heteroatoms. The second-order valence-corrected chi connectivity index (χ2v) is 10.2. The van der Waals surface area contributed by atoms with Crippen molar-refractivity contribution >= 4 is 27.4 Å². The molecule has 0 aromatic heterocycles. The molecule has 1 aromatic carbocycles. The summed E-state index contributed by atoms with van der Waals surface area (Å²) in [5, 5.41) is 3.90. The first kappa shape index (κ1) is 21.0. The van der Waals surface area contributed by atoms with E-state index in [2.05, 4.69) is 5.16 Å². The molecule has 0 N–H and O–H groups in total. The van der Waals surface area contributed by atoms with Gasteiger partial charge in [0, 0.05) is 0 Å². The number of oxime groups is 1. The van der Waals surface area contributed by atoms with E-state index in [1.165, 1.54) is 18.2 Å². The maximum atomic E-state index is 12.6. The van der Waals surface area contributed by atoms with Gasteiger partial charge in [0.15, 0.2) is 0 Å². The normalized spacial score (nSPS) is 20.6. The van der Waals surface area contributed by atoms with Crippen molar-refractivity contribution < 1.29 is 22.3 Å². The molecule has 0 fully saturated rings. The molecule has 1 atom stereocenters. The Kier molecular flexibility index (Phi) is 5.48. The first-order valence-electron chi connectivity index (χ1n) is 8.62. The zero-order chi connectivity index (χ0) is 20.6. The van der Waals surface area contributed by atoms with Gasteiger partial charge in [0.25, 0.3) is 0 Å². The van der Waals surface area contributed by atoms with Crippen LogP contribution in [0.1, 0.15) is 41.5 Å². The lowest BCUT2D eigenvalue weighted by molar-refractivity contribution is -0.137. The van der Waals surface area contributed by atoms with Crippen molar-refractivity contribution in [3.63, 3.8) is 0 Å². The van der Waals surface area contributed by atoms with Crippen molar-refractivity contribution in [2.75, 3.05) is 0 Å². The van der Waals surface area contributed by atoms with Crippen LogP contribution in [-0.4, -0.2) is 25.7 Å². The highest BCUT2D eigenvalue weighted by molar-refractivity contribution is 7.86. The molecule has 0 saturated heterocycles. The first-order valence-corrected chi connectivity index (χ1v) is 10.0. The van der Waals surface area contributed by atoms with E-state index in [9.17, 15) is 18.0 Å². The minimum Gasteiger partial charge on any atom is -0.290 e. The van der Waals surface area contributed by atoms with Crippen molar-refractivity contribution in [3.8, 4) is 0 Å². The van der Waals surface area contributed by atoms with E-state index in [-0.39, 0.29) is 10.6 Å². The molecule has 1 aromatic rings. The molecule has 27 heavy (non-hydrogen) atoms. The number of carbonyl (C=O) groups is 2. The third kappa shape index (κ3) is 4.53. The molecule has 0 bridgehead atoms. The molecule has 1 unspecified atom stereocenters. The Balaban J connectivity index is 2.59. The minimum atomic E-state index is -4.14. The fourth-order valence-electron chi connectivity index (χ4n) is 2.92. The number of hydrogen-bond acceptors (Lipinski definition) is 6. The number of allylic oxidation sites excluding steroid dienone is 2. The fraction of sp³-hybridized carbons (Fsp3) is 0.450. The lowest BCUT2D eigenvalue weighted by Crippen LogP contribution is -2.45. The molecule has 0 aliphatic heterocycles. The highest BCUT2D eigenvalue weighted by Crippen LogP contribution is 2.39. The molecule has 1 aliphatic carbocycles. The predicted molar refractivity (Wildman–Crippen MR) is 103 cm³/mol. The summed E-state index contributed by atoms with van der Waals surface area (Å²) in [4.78, 5) is 24.8. The highest BCUT2D eigenvalue weighted by Gasteiger charge is 2.45. The summed E-state index contributed by atoms with van der Waals surface area (Å²) in [5.74, 6) is -2.12. The van der Waals surface area contributed by atoms with Crippen molar-refractivity contribution in [1.29, 1.82) is 0 Å². The monoisotopic (exact) mass is 391 g/mol. The third-order valence-electron chi connectivity index (χ3n) is 4.27. The predicted octanol–water partition coefficient (Wildman–Crippen LogP) is 3.53. The lowest BCUT2D eigenvalue weighted by Gasteiger charge is -2.36. The minimum absolute atomic E-state index is 0.0406. The molecule has 1 aliphatic rings. The molecular formula is C20H25NO5S. The summed E-state index contributed by atoms with van der Waals surface area (Å²) in [6, 6.07) is 7.63. The molecule has 0 spiro atoms. The largest absolute Gasteiger partial charge is 0.358 e. The molecule has 0 radical (unpaired) electrons. The average Bonchev–Trinajstić information content (AvgIpc) is 2.54. The standard InChI is InChI=1S/C20H25NO5S/c1-19(2,3)14-12-15(22)18(23)16(20(4,5)6)17(14)21-26-27(24,25)13-10-8-7-9-11-13/h7-12,16H,1-6H3/b21-17+. The van der Waals surface area contributed by atoms with E-state index in [4.69, 9.17) is 4.28 Å². The Morgan fingerprint density at radius 3 is 2.00 bits per heavy atom. The van der Waals surface area contributed by atoms with E-state index in [0.717, 1.165) is 0 Å². The van der Waals surface area contributed by atoms with E-state index in [1.54, 1.807) is 39.0 Å². The molecule has 0 saturated carbocycles. The zero-order valence-corrected chi connectivity index (χ0v) is 17.3. The molecule has 0 amide bonds. The van der Waals surface area contributed by atoms with Gasteiger partial charge in [0.2, 0.25) is 11.6 Å². The number of nitrogens with zero attached hydrogens (tertiary/aromatic N) is 1. The maximum absolute atomic E-state index is 12.6. The van der Waals surface area contributed by atoms with Gasteiger partial charge in [-0.25, -0.2) is 0 Å². The number of rotatable bonds is 3. The number of carbonyl (C=O) groups excluding carboxylic acids is 2. The van der Waals surface area contributed by atoms with Gasteiger partial charge >= 0.3 is 10.1 Å². The van der Waals surface area contributed by atoms with Crippen LogP contribution in [0.4, 0.5) is 0 Å². The van der Waals surface area contributed by atoms with E-state index in [1.807, 2.05) is 20.8 Å². The Labute approximate surface area is 160 Å². The molecule has 146 valence electrons. The quantitative estimate of drug-likeness (QED) is 0.581. The van der Waals surface area contributed by atoms with Crippen molar-refractivity contribution in [2.24, 2.45) is 21.9 Å². The summed E-state index contributed by atoms with van der Waals surface area (Å²) in [5.41, 5.74) is -0.496. The van der Waals surface area contributed by atoms with Gasteiger partial charge in [0.05, 0.1) is 11.6 Å². The van der Waals surface area contributed by atoms with Gasteiger partial charge in [-0.05, 0) is 34.6 Å². The first-order chi connectivity index (χ1) is 12.2. The molecular weight excluding hydrogens is 366 g/mol. The number of hydrogen-bond donors (Lipinski definition) is 0. The average molecular weight is 391 g/mol. The van der Waals surface area contributed by atoms with Crippen LogP contribution < -0.4 is 0 Å². The molecule has 6 nitrogen and oxygen atoms in total. The maximum Gasteiger partial charge on any atom is 0.358 e. The van der Waals surface area contributed by atoms with E-state index in [0.29, 0.717) is 5.57 Å². The number of ketones is 2. The van der Waals surface area contributed by atoms with Crippen LogP contribution in [0.2, 0.25) is 0 Å². The number of benzene rings is 1. The van der Waals surface area contributed by atoms with Crippen LogP contribution in [0.3, 0.4) is 0 Å². The van der Waals surface area contributed by atoms with Crippen LogP contribution in [0.25, 0.3) is 0 Å². The van der Waals surface area contributed by atoms with Crippen LogP contribution >= 0.6 is 0 Å². The summed E-state index contributed by atoms with van der Waals surface area (Å²) >= 11 is 0. The van der Waals surface area contributed by atoms with Crippen LogP contribution in [0.5, 0.6) is 0 Å². The summed E-state index contributed by atoms with van der Waals surface area (Å²) in [7, 11) is -4.14. The number of Topliss-reactive ketones (excluding diaryl/α,β-unsaturated/α-hetero) is 1. The van der Waals surface area contributed by atoms with Crippen molar-refractivity contribution in [2.45, 2.75) is 46.4 Å². The zero-order valence-electron chi connectivity index (χ0n) is 16.4. The summed E-state index contributed by atoms with van der Waals surface area (Å²) in [6.07, 6.45) is 1.24. The SMILES string of the molecule is CC(C)(C)C1=CC(=O)C(=O)C(C(C)(C)C)/C1=N/OS(=O)(=O)c1ccccc1. The van der Waals surface area contributed by atoms with Gasteiger partial charge in [-0.15, -0.1) is 0 Å². The Morgan fingerprint density at radius 2 is 1.52 bits per heavy atom. The van der Waals surface area contributed by atoms with Crippen molar-refractivity contribution in [1.82, 2.24) is 0 Å². The van der Waals surface area contributed by atoms with Crippen molar-refractivity contribution in [3.05, 3.63) is 42.0 Å². The van der Waals surface area contributed by atoms with Gasteiger partial charge in [0.1, 0.15) is 4.90 Å². The topological polar surface area (TPSA) is 89.9 Å². The summed E-state index contributed by atoms with van der Waals surface area (Å²) in [6.45, 7) is 11.0. The second-order valence-electron chi connectivity index (χ2n) is 8.65. The van der Waals surface area contributed by atoms with Crippen LogP contribution in [0.15, 0.2) is 52.0 Å². The third-order valence-corrected chi connectivity index (χ3v) is 5.39. The van der Waals surface area contributed by atoms with Gasteiger partial charge in [-0.3, -0.25) is 13.9 Å². The highest BCUT2D eigenvalue weighted by atomic mass is 32.2. The summed E-state index contributed by atoms with van der Waals surface area (Å²) < 4.78 is 29.8. The van der Waals surface area contributed by atoms with Gasteiger partial charge < -0.3 is 0 Å². The Bertz CT molecular complexity index is 913. The lowest BCUT2D eigenvalue weighted by atomic mass is 9.66. The Morgan fingerprint density at radius 1 is 0.963 bits per heavy atom. The molecule has 0 heterocycles. The fourth-order valence-corrected chi connectivity index (χ4v) is 3.68. The smallest absolute Gasteiger partial charge is 0.290 e. The van der Waals surface area contributed by atoms with E-state index >= 15 is 0 Å². The van der Waals surface area contributed by atoms with Gasteiger partial charge in [-0.1, -0.05) is 64.9 Å². The van der Waals surface area contributed by atoms with Crippen LogP contribution in [-0.2, 0) is 24.0 Å². The van der Waals surface area contributed by atoms with Gasteiger partial charge in [-0.2, -0.15) is 8.42 Å².